The van der Waals surface area contributed by atoms with Gasteiger partial charge in [-0.2, -0.15) is 0 Å². The number of amides is 1. The minimum absolute atomic E-state index is 0.0752. The van der Waals surface area contributed by atoms with Crippen LogP contribution < -0.4 is 10.1 Å². The molecule has 0 bridgehead atoms. The summed E-state index contributed by atoms with van der Waals surface area (Å²) in [5.74, 6) is -0.434. The number of nitrogens with one attached hydrogen (secondary N) is 1. The van der Waals surface area contributed by atoms with Crippen LogP contribution in [0.25, 0.3) is 0 Å². The maximum absolute atomic E-state index is 12.6. The van der Waals surface area contributed by atoms with Crippen molar-refractivity contribution < 1.29 is 19.1 Å². The molecule has 0 radical (unpaired) electrons. The lowest BCUT2D eigenvalue weighted by Gasteiger charge is -2.16. The fourth-order valence-corrected chi connectivity index (χ4v) is 3.19. The van der Waals surface area contributed by atoms with Crippen LogP contribution in [-0.2, 0) is 9.59 Å². The first-order valence-electron chi connectivity index (χ1n) is 8.46. The van der Waals surface area contributed by atoms with Gasteiger partial charge in [-0.25, -0.2) is 0 Å². The molecule has 1 aromatic rings. The average molecular weight is 339 g/mol. The van der Waals surface area contributed by atoms with Crippen molar-refractivity contribution in [2.45, 2.75) is 19.3 Å². The van der Waals surface area contributed by atoms with Gasteiger partial charge in [0, 0.05) is 23.9 Å². The molecule has 1 fully saturated rings. The number of carbonyl (C=O) groups excluding carboxylic acids is 3. The maximum atomic E-state index is 12.6. The van der Waals surface area contributed by atoms with Crippen molar-refractivity contribution in [3.8, 4) is 5.75 Å². The number of carbonyl (C=O) groups is 3. The van der Waals surface area contributed by atoms with Crippen LogP contribution in [-0.4, -0.2) is 31.1 Å². The minimum atomic E-state index is -0.470. The number of Topliss-reactive ketones (excluding diaryl/α,β-unsaturated/α-hetero) is 2. The second kappa shape index (κ2) is 7.47. The van der Waals surface area contributed by atoms with Crippen LogP contribution in [0.2, 0.25) is 0 Å². The number of methoxy groups -OCH3 is 1. The standard InChI is InChI=1S/C20H21NO4/c1-25-17-4-2-3-15(11-17)18(22)14-8-5-13(6-9-14)7-10-16-12-21-20(24)19(16)23/h2-6,8,11,14,16H,7,9-10,12H2,1H3,(H,21,24). The zero-order chi connectivity index (χ0) is 17.8. The van der Waals surface area contributed by atoms with Crippen LogP contribution in [0.1, 0.15) is 29.6 Å². The number of hydrogen-bond acceptors (Lipinski definition) is 4. The number of allylic oxidation sites excluding steroid dienone is 4. The van der Waals surface area contributed by atoms with E-state index in [0.29, 0.717) is 30.7 Å². The zero-order valence-electron chi connectivity index (χ0n) is 14.2. The van der Waals surface area contributed by atoms with Crippen molar-refractivity contribution in [1.82, 2.24) is 5.32 Å². The van der Waals surface area contributed by atoms with Gasteiger partial charge in [0.05, 0.1) is 7.11 Å². The highest BCUT2D eigenvalue weighted by molar-refractivity contribution is 6.38. The van der Waals surface area contributed by atoms with Crippen LogP contribution in [0.15, 0.2) is 48.1 Å². The summed E-state index contributed by atoms with van der Waals surface area (Å²) in [5, 5.41) is 2.58. The first-order chi connectivity index (χ1) is 12.1. The van der Waals surface area contributed by atoms with Crippen LogP contribution in [0.5, 0.6) is 5.75 Å². The second-order valence-electron chi connectivity index (χ2n) is 6.39. The van der Waals surface area contributed by atoms with Crippen LogP contribution in [0, 0.1) is 11.8 Å². The second-order valence-corrected chi connectivity index (χ2v) is 6.39. The Morgan fingerprint density at radius 1 is 1.32 bits per heavy atom. The minimum Gasteiger partial charge on any atom is -0.497 e. The maximum Gasteiger partial charge on any atom is 0.287 e. The molecule has 1 aliphatic carbocycles. The lowest BCUT2D eigenvalue weighted by Crippen LogP contribution is -2.18. The predicted octanol–water partition coefficient (Wildman–Crippen LogP) is 2.48. The van der Waals surface area contributed by atoms with E-state index in [1.54, 1.807) is 19.2 Å². The van der Waals surface area contributed by atoms with Crippen molar-refractivity contribution in [1.29, 1.82) is 0 Å². The molecule has 130 valence electrons. The molecule has 0 saturated carbocycles. The third-order valence-electron chi connectivity index (χ3n) is 4.75. The Morgan fingerprint density at radius 2 is 2.16 bits per heavy atom. The SMILES string of the molecule is COc1cccc(C(=O)C2C=CC(CCC3CNC(=O)C3=O)=CC2)c1. The Morgan fingerprint density at radius 3 is 2.80 bits per heavy atom. The number of ketones is 2. The van der Waals surface area contributed by atoms with E-state index >= 15 is 0 Å². The number of hydrogen-bond donors (Lipinski definition) is 1. The molecule has 5 nitrogen and oxygen atoms in total. The van der Waals surface area contributed by atoms with Gasteiger partial charge in [0.15, 0.2) is 5.78 Å². The summed E-state index contributed by atoms with van der Waals surface area (Å²) in [6.45, 7) is 0.436. The van der Waals surface area contributed by atoms with Crippen molar-refractivity contribution in [3.05, 3.63) is 53.6 Å². The van der Waals surface area contributed by atoms with Crippen LogP contribution in [0.4, 0.5) is 0 Å². The van der Waals surface area contributed by atoms with Gasteiger partial charge in [-0.1, -0.05) is 35.9 Å². The van der Waals surface area contributed by atoms with Crippen molar-refractivity contribution in [3.63, 3.8) is 0 Å². The predicted molar refractivity (Wildman–Crippen MR) is 93.4 cm³/mol. The van der Waals surface area contributed by atoms with E-state index in [0.717, 1.165) is 12.0 Å². The molecule has 0 aromatic heterocycles. The average Bonchev–Trinajstić information content (AvgIpc) is 2.98. The van der Waals surface area contributed by atoms with Gasteiger partial charge in [-0.15, -0.1) is 0 Å². The Kier molecular flexibility index (Phi) is 5.12. The summed E-state index contributed by atoms with van der Waals surface area (Å²) in [4.78, 5) is 35.4. The number of benzene rings is 1. The van der Waals surface area contributed by atoms with Gasteiger partial charge in [0.1, 0.15) is 5.75 Å². The third kappa shape index (κ3) is 3.87. The van der Waals surface area contributed by atoms with E-state index in [1.807, 2.05) is 24.3 Å². The first-order valence-corrected chi connectivity index (χ1v) is 8.46. The summed E-state index contributed by atoms with van der Waals surface area (Å²) in [6, 6.07) is 7.18. The molecule has 1 saturated heterocycles. The molecule has 5 heteroatoms. The highest BCUT2D eigenvalue weighted by Gasteiger charge is 2.31. The molecule has 2 aliphatic rings. The summed E-state index contributed by atoms with van der Waals surface area (Å²) in [6.07, 6.45) is 7.98. The molecule has 25 heavy (non-hydrogen) atoms. The van der Waals surface area contributed by atoms with Gasteiger partial charge < -0.3 is 10.1 Å². The highest BCUT2D eigenvalue weighted by atomic mass is 16.5. The molecule has 3 rings (SSSR count). The molecule has 1 heterocycles. The summed E-state index contributed by atoms with van der Waals surface area (Å²) in [5.41, 5.74) is 1.76. The molecule has 1 N–H and O–H groups in total. The van der Waals surface area contributed by atoms with Crippen molar-refractivity contribution in [2.24, 2.45) is 11.8 Å². The molecule has 2 atom stereocenters. The van der Waals surface area contributed by atoms with E-state index in [-0.39, 0.29) is 23.4 Å². The number of ether oxygens (including phenoxy) is 1. The molecular weight excluding hydrogens is 318 g/mol. The molecule has 0 spiro atoms. The molecule has 1 aromatic carbocycles. The zero-order valence-corrected chi connectivity index (χ0v) is 14.2. The Labute approximate surface area is 146 Å². The highest BCUT2D eigenvalue weighted by Crippen LogP contribution is 2.26. The Balaban J connectivity index is 1.55. The van der Waals surface area contributed by atoms with Gasteiger partial charge in [0.25, 0.3) is 5.91 Å². The van der Waals surface area contributed by atoms with Gasteiger partial charge >= 0.3 is 0 Å². The molecular formula is C20H21NO4. The summed E-state index contributed by atoms with van der Waals surface area (Å²) >= 11 is 0. The quantitative estimate of drug-likeness (QED) is 0.638. The van der Waals surface area contributed by atoms with E-state index in [2.05, 4.69) is 11.4 Å². The van der Waals surface area contributed by atoms with E-state index in [4.69, 9.17) is 4.74 Å². The monoisotopic (exact) mass is 339 g/mol. The lowest BCUT2D eigenvalue weighted by atomic mass is 9.87. The summed E-state index contributed by atoms with van der Waals surface area (Å²) in [7, 11) is 1.58. The van der Waals surface area contributed by atoms with E-state index < -0.39 is 5.91 Å². The van der Waals surface area contributed by atoms with E-state index in [9.17, 15) is 14.4 Å². The van der Waals surface area contributed by atoms with Crippen molar-refractivity contribution in [2.75, 3.05) is 13.7 Å². The fourth-order valence-electron chi connectivity index (χ4n) is 3.19. The fraction of sp³-hybridized carbons (Fsp3) is 0.350. The van der Waals surface area contributed by atoms with Crippen LogP contribution >= 0.6 is 0 Å². The normalized spacial score (nSPS) is 22.5. The largest absolute Gasteiger partial charge is 0.497 e. The Hall–Kier alpha value is -2.69. The summed E-state index contributed by atoms with van der Waals surface area (Å²) < 4.78 is 5.17. The molecule has 1 aliphatic heterocycles. The van der Waals surface area contributed by atoms with Crippen molar-refractivity contribution >= 4 is 17.5 Å². The smallest absolute Gasteiger partial charge is 0.287 e. The first kappa shape index (κ1) is 17.1. The molecule has 2 unspecified atom stereocenters. The molecule has 1 amide bonds. The van der Waals surface area contributed by atoms with Gasteiger partial charge in [-0.05, 0) is 31.4 Å². The number of rotatable bonds is 6. The van der Waals surface area contributed by atoms with Crippen LogP contribution in [0.3, 0.4) is 0 Å². The topological polar surface area (TPSA) is 72.5 Å². The van der Waals surface area contributed by atoms with Gasteiger partial charge in [-0.3, -0.25) is 14.4 Å². The lowest BCUT2D eigenvalue weighted by molar-refractivity contribution is -0.136. The van der Waals surface area contributed by atoms with Gasteiger partial charge in [0.2, 0.25) is 5.78 Å². The Bertz CT molecular complexity index is 763. The third-order valence-corrected chi connectivity index (χ3v) is 4.75. The van der Waals surface area contributed by atoms with E-state index in [1.165, 1.54) is 0 Å².